The Labute approximate surface area is 130 Å². The highest BCUT2D eigenvalue weighted by molar-refractivity contribution is 5.68. The Bertz CT molecular complexity index is 670. The van der Waals surface area contributed by atoms with Gasteiger partial charge in [0.05, 0.1) is 6.42 Å². The van der Waals surface area contributed by atoms with Gasteiger partial charge in [0.1, 0.15) is 5.82 Å². The van der Waals surface area contributed by atoms with Crippen molar-refractivity contribution < 1.29 is 14.3 Å². The topological polar surface area (TPSA) is 40.5 Å². The minimum atomic E-state index is -0.839. The van der Waals surface area contributed by atoms with Crippen molar-refractivity contribution in [3.05, 3.63) is 65.0 Å². The highest BCUT2D eigenvalue weighted by atomic mass is 19.1. The molecule has 0 unspecified atom stereocenters. The first-order valence-electron chi connectivity index (χ1n) is 7.24. The van der Waals surface area contributed by atoms with Crippen molar-refractivity contribution >= 4 is 11.7 Å². The molecule has 4 heteroatoms. The number of carboxylic acid groups (broad SMARTS) is 1. The van der Waals surface area contributed by atoms with E-state index in [9.17, 15) is 9.18 Å². The Kier molecular flexibility index (Phi) is 5.15. The summed E-state index contributed by atoms with van der Waals surface area (Å²) in [4.78, 5) is 12.9. The summed E-state index contributed by atoms with van der Waals surface area (Å²) in [6.45, 7) is 4.89. The molecule has 116 valence electrons. The van der Waals surface area contributed by atoms with E-state index in [1.807, 2.05) is 36.9 Å². The second kappa shape index (κ2) is 7.07. The first kappa shape index (κ1) is 16.0. The fraction of sp³-hybridized carbons (Fsp3) is 0.278. The quantitative estimate of drug-likeness (QED) is 0.879. The fourth-order valence-electron chi connectivity index (χ4n) is 2.53. The Morgan fingerprint density at radius 3 is 2.59 bits per heavy atom. The summed E-state index contributed by atoms with van der Waals surface area (Å²) in [7, 11) is 0. The number of halogens is 1. The molecule has 0 aliphatic heterocycles. The maximum Gasteiger partial charge on any atom is 0.305 e. The van der Waals surface area contributed by atoms with Crippen molar-refractivity contribution in [2.45, 2.75) is 26.8 Å². The van der Waals surface area contributed by atoms with Crippen molar-refractivity contribution in [2.75, 3.05) is 11.4 Å². The van der Waals surface area contributed by atoms with E-state index in [2.05, 4.69) is 6.07 Å². The normalized spacial score (nSPS) is 10.5. The zero-order chi connectivity index (χ0) is 16.1. The molecule has 0 amide bonds. The van der Waals surface area contributed by atoms with Gasteiger partial charge in [-0.3, -0.25) is 4.79 Å². The third-order valence-electron chi connectivity index (χ3n) is 3.55. The van der Waals surface area contributed by atoms with E-state index < -0.39 is 5.97 Å². The van der Waals surface area contributed by atoms with Gasteiger partial charge in [0.2, 0.25) is 0 Å². The fourth-order valence-corrected chi connectivity index (χ4v) is 2.53. The van der Waals surface area contributed by atoms with Gasteiger partial charge in [-0.1, -0.05) is 29.8 Å². The number of rotatable bonds is 6. The summed E-state index contributed by atoms with van der Waals surface area (Å²) in [6.07, 6.45) is 0.0443. The van der Waals surface area contributed by atoms with Gasteiger partial charge in [0.15, 0.2) is 0 Å². The van der Waals surface area contributed by atoms with Gasteiger partial charge in [-0.15, -0.1) is 0 Å². The van der Waals surface area contributed by atoms with Crippen LogP contribution in [0.4, 0.5) is 10.1 Å². The number of anilines is 1. The Balaban J connectivity index is 2.27. The molecule has 0 fully saturated rings. The summed E-state index contributed by atoms with van der Waals surface area (Å²) in [5, 5.41) is 8.95. The van der Waals surface area contributed by atoms with Gasteiger partial charge in [0, 0.05) is 18.8 Å². The lowest BCUT2D eigenvalue weighted by Gasteiger charge is -2.26. The van der Waals surface area contributed by atoms with Crippen LogP contribution in [0.15, 0.2) is 42.5 Å². The zero-order valence-electron chi connectivity index (χ0n) is 12.8. The summed E-state index contributed by atoms with van der Waals surface area (Å²) in [6, 6.07) is 12.5. The molecule has 0 bridgehead atoms. The molecule has 2 aromatic carbocycles. The number of nitrogens with zero attached hydrogens (tertiary/aromatic N) is 1. The molecule has 0 saturated carbocycles. The molecule has 1 N–H and O–H groups in total. The lowest BCUT2D eigenvalue weighted by Crippen LogP contribution is -2.26. The van der Waals surface area contributed by atoms with E-state index >= 15 is 0 Å². The molecule has 0 aliphatic carbocycles. The van der Waals surface area contributed by atoms with E-state index in [-0.39, 0.29) is 12.2 Å². The third kappa shape index (κ3) is 4.32. The lowest BCUT2D eigenvalue weighted by atomic mass is 10.1. The number of hydrogen-bond acceptors (Lipinski definition) is 2. The van der Waals surface area contributed by atoms with Gasteiger partial charge < -0.3 is 10.0 Å². The number of carboxylic acids is 1. The molecule has 0 saturated heterocycles. The molecular weight excluding hydrogens is 281 g/mol. The predicted molar refractivity (Wildman–Crippen MR) is 85.6 cm³/mol. The number of carbonyl (C=O) groups is 1. The average molecular weight is 301 g/mol. The molecule has 0 atom stereocenters. The van der Waals surface area contributed by atoms with Crippen LogP contribution in [0.1, 0.15) is 23.1 Å². The SMILES string of the molecule is Cc1ccc(N(CCC(=O)O)Cc2cccc(F)c2)c(C)c1. The van der Waals surface area contributed by atoms with Crippen LogP contribution in [-0.4, -0.2) is 17.6 Å². The van der Waals surface area contributed by atoms with Crippen LogP contribution in [0, 0.1) is 19.7 Å². The smallest absolute Gasteiger partial charge is 0.305 e. The molecule has 0 aromatic heterocycles. The number of benzene rings is 2. The minimum absolute atomic E-state index is 0.0443. The van der Waals surface area contributed by atoms with Crippen LogP contribution in [0.5, 0.6) is 0 Å². The van der Waals surface area contributed by atoms with Crippen molar-refractivity contribution in [2.24, 2.45) is 0 Å². The molecule has 22 heavy (non-hydrogen) atoms. The summed E-state index contributed by atoms with van der Waals surface area (Å²) in [5.41, 5.74) is 4.05. The van der Waals surface area contributed by atoms with Gasteiger partial charge >= 0.3 is 5.97 Å². The van der Waals surface area contributed by atoms with E-state index in [0.29, 0.717) is 13.1 Å². The van der Waals surface area contributed by atoms with Crippen LogP contribution in [0.3, 0.4) is 0 Å². The second-order valence-corrected chi connectivity index (χ2v) is 5.49. The van der Waals surface area contributed by atoms with Crippen LogP contribution < -0.4 is 4.90 Å². The minimum Gasteiger partial charge on any atom is -0.481 e. The highest BCUT2D eigenvalue weighted by Crippen LogP contribution is 2.23. The second-order valence-electron chi connectivity index (χ2n) is 5.49. The Morgan fingerprint density at radius 2 is 1.95 bits per heavy atom. The molecular formula is C18H20FNO2. The maximum atomic E-state index is 13.4. The summed E-state index contributed by atoms with van der Waals surface area (Å²) >= 11 is 0. The third-order valence-corrected chi connectivity index (χ3v) is 3.55. The monoisotopic (exact) mass is 301 g/mol. The Morgan fingerprint density at radius 1 is 1.18 bits per heavy atom. The highest BCUT2D eigenvalue weighted by Gasteiger charge is 2.12. The van der Waals surface area contributed by atoms with Crippen LogP contribution in [-0.2, 0) is 11.3 Å². The first-order chi connectivity index (χ1) is 10.5. The lowest BCUT2D eigenvalue weighted by molar-refractivity contribution is -0.136. The standard InChI is InChI=1S/C18H20FNO2/c1-13-6-7-17(14(2)10-13)20(9-8-18(21)22)12-15-4-3-5-16(19)11-15/h3-7,10-11H,8-9,12H2,1-2H3,(H,21,22). The first-order valence-corrected chi connectivity index (χ1v) is 7.24. The maximum absolute atomic E-state index is 13.4. The van der Waals surface area contributed by atoms with Crippen LogP contribution in [0.2, 0.25) is 0 Å². The molecule has 0 spiro atoms. The van der Waals surface area contributed by atoms with Gasteiger partial charge in [-0.25, -0.2) is 4.39 Å². The summed E-state index contributed by atoms with van der Waals surface area (Å²) in [5.74, 6) is -1.12. The van der Waals surface area contributed by atoms with E-state index in [1.165, 1.54) is 12.1 Å². The molecule has 0 radical (unpaired) electrons. The van der Waals surface area contributed by atoms with Crippen LogP contribution >= 0.6 is 0 Å². The molecule has 2 aromatic rings. The molecule has 3 nitrogen and oxygen atoms in total. The predicted octanol–water partition coefficient (Wildman–Crippen LogP) is 3.92. The van der Waals surface area contributed by atoms with Crippen molar-refractivity contribution in [3.63, 3.8) is 0 Å². The van der Waals surface area contributed by atoms with Crippen molar-refractivity contribution in [1.82, 2.24) is 0 Å². The number of aliphatic carboxylic acids is 1. The van der Waals surface area contributed by atoms with E-state index in [4.69, 9.17) is 5.11 Å². The van der Waals surface area contributed by atoms with Crippen molar-refractivity contribution in [1.29, 1.82) is 0 Å². The molecule has 0 aliphatic rings. The molecule has 2 rings (SSSR count). The average Bonchev–Trinajstić information content (AvgIpc) is 2.44. The van der Waals surface area contributed by atoms with Gasteiger partial charge in [-0.2, -0.15) is 0 Å². The van der Waals surface area contributed by atoms with Crippen LogP contribution in [0.25, 0.3) is 0 Å². The number of aryl methyl sites for hydroxylation is 2. The zero-order valence-corrected chi connectivity index (χ0v) is 12.8. The summed E-state index contributed by atoms with van der Waals surface area (Å²) < 4.78 is 13.4. The van der Waals surface area contributed by atoms with Gasteiger partial charge in [-0.05, 0) is 43.2 Å². The largest absolute Gasteiger partial charge is 0.481 e. The van der Waals surface area contributed by atoms with E-state index in [1.54, 1.807) is 6.07 Å². The molecule has 0 heterocycles. The Hall–Kier alpha value is -2.36. The van der Waals surface area contributed by atoms with Crippen molar-refractivity contribution in [3.8, 4) is 0 Å². The number of hydrogen-bond donors (Lipinski definition) is 1. The van der Waals surface area contributed by atoms with Gasteiger partial charge in [0.25, 0.3) is 0 Å². The van der Waals surface area contributed by atoms with E-state index in [0.717, 1.165) is 22.4 Å².